The second-order valence-electron chi connectivity index (χ2n) is 5.11. The Kier molecular flexibility index (Phi) is 3.92. The largest absolute Gasteiger partial charge is 0.469 e. The predicted octanol–water partition coefficient (Wildman–Crippen LogP) is 3.07. The van der Waals surface area contributed by atoms with E-state index in [-0.39, 0.29) is 12.0 Å². The van der Waals surface area contributed by atoms with Gasteiger partial charge < -0.3 is 10.5 Å². The zero-order valence-electron chi connectivity index (χ0n) is 11.5. The summed E-state index contributed by atoms with van der Waals surface area (Å²) in [7, 11) is 1.41. The first-order valence-corrected chi connectivity index (χ1v) is 7.10. The minimum atomic E-state index is -0.392. The van der Waals surface area contributed by atoms with E-state index in [0.29, 0.717) is 6.42 Å². The van der Waals surface area contributed by atoms with E-state index in [9.17, 15) is 4.79 Å². The van der Waals surface area contributed by atoms with E-state index >= 15 is 0 Å². The van der Waals surface area contributed by atoms with E-state index in [1.807, 2.05) is 26.0 Å². The Balaban J connectivity index is 2.45. The molecule has 0 aliphatic carbocycles. The van der Waals surface area contributed by atoms with Crippen LogP contribution in [0.5, 0.6) is 0 Å². The number of methoxy groups -OCH3 is 1. The fourth-order valence-corrected chi connectivity index (χ4v) is 3.41. The maximum Gasteiger partial charge on any atom is 0.306 e. The summed E-state index contributed by atoms with van der Waals surface area (Å²) in [6, 6.07) is 10.2. The van der Waals surface area contributed by atoms with Crippen LogP contribution in [-0.2, 0) is 14.9 Å². The molecule has 3 nitrogen and oxygen atoms in total. The zero-order valence-corrected chi connectivity index (χ0v) is 12.3. The smallest absolute Gasteiger partial charge is 0.306 e. The summed E-state index contributed by atoms with van der Waals surface area (Å²) in [5.74, 6) is -0.225. The minimum absolute atomic E-state index is 0.125. The van der Waals surface area contributed by atoms with Crippen molar-refractivity contribution in [2.45, 2.75) is 31.7 Å². The molecule has 0 saturated carbocycles. The van der Waals surface area contributed by atoms with Gasteiger partial charge >= 0.3 is 5.97 Å². The van der Waals surface area contributed by atoms with Crippen LogP contribution in [0.15, 0.2) is 30.3 Å². The Labute approximate surface area is 117 Å². The molecular weight excluding hydrogens is 258 g/mol. The lowest BCUT2D eigenvalue weighted by Gasteiger charge is -2.31. The number of hydrogen-bond acceptors (Lipinski definition) is 4. The Morgan fingerprint density at radius 2 is 2.16 bits per heavy atom. The molecule has 2 rings (SSSR count). The Morgan fingerprint density at radius 1 is 1.47 bits per heavy atom. The first kappa shape index (κ1) is 14.0. The van der Waals surface area contributed by atoms with E-state index in [4.69, 9.17) is 10.5 Å². The number of thiophene rings is 1. The van der Waals surface area contributed by atoms with Crippen molar-refractivity contribution in [1.82, 2.24) is 0 Å². The van der Waals surface area contributed by atoms with Gasteiger partial charge in [-0.1, -0.05) is 25.1 Å². The number of esters is 1. The topological polar surface area (TPSA) is 52.3 Å². The molecule has 0 aliphatic heterocycles. The van der Waals surface area contributed by atoms with Crippen LogP contribution in [0.25, 0.3) is 10.1 Å². The third-order valence-corrected chi connectivity index (χ3v) is 5.13. The summed E-state index contributed by atoms with van der Waals surface area (Å²) >= 11 is 1.70. The van der Waals surface area contributed by atoms with E-state index < -0.39 is 5.41 Å². The summed E-state index contributed by atoms with van der Waals surface area (Å²) in [5, 5.41) is 1.19. The van der Waals surface area contributed by atoms with E-state index in [2.05, 4.69) is 18.2 Å². The molecule has 2 N–H and O–H groups in total. The van der Waals surface area contributed by atoms with Crippen molar-refractivity contribution in [3.63, 3.8) is 0 Å². The van der Waals surface area contributed by atoms with Crippen molar-refractivity contribution in [2.24, 2.45) is 5.73 Å². The number of rotatable bonds is 4. The van der Waals surface area contributed by atoms with Crippen LogP contribution in [-0.4, -0.2) is 19.1 Å². The number of hydrogen-bond donors (Lipinski definition) is 1. The number of carbonyl (C=O) groups excluding carboxylic acids is 1. The quantitative estimate of drug-likeness (QED) is 0.874. The highest BCUT2D eigenvalue weighted by atomic mass is 32.1. The highest BCUT2D eigenvalue weighted by Gasteiger charge is 2.35. The fraction of sp³-hybridized carbons (Fsp3) is 0.400. The molecule has 0 saturated heterocycles. The van der Waals surface area contributed by atoms with Crippen LogP contribution in [0.3, 0.4) is 0 Å². The maximum atomic E-state index is 11.6. The highest BCUT2D eigenvalue weighted by molar-refractivity contribution is 7.19. The molecule has 102 valence electrons. The van der Waals surface area contributed by atoms with Crippen LogP contribution in [0, 0.1) is 0 Å². The van der Waals surface area contributed by atoms with Gasteiger partial charge in [-0.15, -0.1) is 11.3 Å². The van der Waals surface area contributed by atoms with Gasteiger partial charge in [0.15, 0.2) is 0 Å². The van der Waals surface area contributed by atoms with Crippen molar-refractivity contribution >= 4 is 27.4 Å². The van der Waals surface area contributed by atoms with Crippen molar-refractivity contribution in [1.29, 1.82) is 0 Å². The Hall–Kier alpha value is -1.39. The summed E-state index contributed by atoms with van der Waals surface area (Å²) < 4.78 is 6.02. The lowest BCUT2D eigenvalue weighted by Crippen LogP contribution is -2.42. The second-order valence-corrected chi connectivity index (χ2v) is 6.19. The van der Waals surface area contributed by atoms with Crippen LogP contribution >= 0.6 is 11.3 Å². The van der Waals surface area contributed by atoms with Gasteiger partial charge in [0, 0.05) is 21.0 Å². The number of fused-ring (bicyclic) bond motifs is 1. The van der Waals surface area contributed by atoms with Crippen LogP contribution in [0.4, 0.5) is 0 Å². The normalized spacial score (nSPS) is 16.0. The third-order valence-electron chi connectivity index (χ3n) is 3.73. The number of nitrogens with two attached hydrogens (primary N) is 1. The van der Waals surface area contributed by atoms with Crippen molar-refractivity contribution in [3.05, 3.63) is 35.2 Å². The molecule has 1 aromatic carbocycles. The SMILES string of the molecule is COC(=O)CC(C)(c1cc2ccccc2s1)C(C)N. The summed E-state index contributed by atoms with van der Waals surface area (Å²) in [4.78, 5) is 12.8. The summed E-state index contributed by atoms with van der Waals surface area (Å²) in [6.45, 7) is 3.96. The lowest BCUT2D eigenvalue weighted by atomic mass is 9.79. The maximum absolute atomic E-state index is 11.6. The standard InChI is InChI=1S/C15H19NO2S/c1-10(16)15(2,9-14(17)18-3)13-8-11-6-4-5-7-12(11)19-13/h4-8,10H,9,16H2,1-3H3. The molecule has 19 heavy (non-hydrogen) atoms. The molecule has 2 unspecified atom stereocenters. The first-order chi connectivity index (χ1) is 8.97. The number of ether oxygens (including phenoxy) is 1. The third kappa shape index (κ3) is 2.65. The van der Waals surface area contributed by atoms with E-state index in [1.54, 1.807) is 11.3 Å². The molecule has 1 aromatic heterocycles. The Morgan fingerprint density at radius 3 is 2.74 bits per heavy atom. The molecule has 0 fully saturated rings. The van der Waals surface area contributed by atoms with Gasteiger partial charge in [-0.2, -0.15) is 0 Å². The van der Waals surface area contributed by atoms with Gasteiger partial charge in [-0.25, -0.2) is 0 Å². The number of carbonyl (C=O) groups is 1. The summed E-state index contributed by atoms with van der Waals surface area (Å²) in [6.07, 6.45) is 0.300. The molecule has 0 amide bonds. The van der Waals surface area contributed by atoms with Crippen molar-refractivity contribution < 1.29 is 9.53 Å². The molecule has 0 aliphatic rings. The zero-order chi connectivity index (χ0) is 14.0. The van der Waals surface area contributed by atoms with Gasteiger partial charge in [0.05, 0.1) is 13.5 Å². The molecule has 0 spiro atoms. The van der Waals surface area contributed by atoms with Crippen LogP contribution in [0.1, 0.15) is 25.1 Å². The summed E-state index contributed by atoms with van der Waals surface area (Å²) in [5.41, 5.74) is 5.73. The van der Waals surface area contributed by atoms with E-state index in [1.165, 1.54) is 17.2 Å². The predicted molar refractivity (Wildman–Crippen MR) is 79.5 cm³/mol. The van der Waals surface area contributed by atoms with Crippen LogP contribution < -0.4 is 5.73 Å². The highest BCUT2D eigenvalue weighted by Crippen LogP contribution is 2.38. The molecule has 1 heterocycles. The first-order valence-electron chi connectivity index (χ1n) is 6.29. The molecule has 0 bridgehead atoms. The number of benzene rings is 1. The fourth-order valence-electron chi connectivity index (χ4n) is 2.11. The van der Waals surface area contributed by atoms with Crippen LogP contribution in [0.2, 0.25) is 0 Å². The van der Waals surface area contributed by atoms with Gasteiger partial charge in [0.25, 0.3) is 0 Å². The molecule has 2 aromatic rings. The van der Waals surface area contributed by atoms with Crippen molar-refractivity contribution in [2.75, 3.05) is 7.11 Å². The van der Waals surface area contributed by atoms with Gasteiger partial charge in [-0.3, -0.25) is 4.79 Å². The second kappa shape index (κ2) is 5.31. The molecule has 2 atom stereocenters. The van der Waals surface area contributed by atoms with Crippen molar-refractivity contribution in [3.8, 4) is 0 Å². The van der Waals surface area contributed by atoms with Gasteiger partial charge in [-0.05, 0) is 24.4 Å². The van der Waals surface area contributed by atoms with E-state index in [0.717, 1.165) is 4.88 Å². The van der Waals surface area contributed by atoms with Gasteiger partial charge in [0.2, 0.25) is 0 Å². The monoisotopic (exact) mass is 277 g/mol. The molecule has 4 heteroatoms. The molecular formula is C15H19NO2S. The minimum Gasteiger partial charge on any atom is -0.469 e. The van der Waals surface area contributed by atoms with Gasteiger partial charge in [0.1, 0.15) is 0 Å². The average Bonchev–Trinajstić information content (AvgIpc) is 2.82. The average molecular weight is 277 g/mol. The Bertz CT molecular complexity index is 558. The molecule has 0 radical (unpaired) electrons. The lowest BCUT2D eigenvalue weighted by molar-refractivity contribution is -0.142.